The number of primary amides is 1. The second kappa shape index (κ2) is 8.87. The van der Waals surface area contributed by atoms with Crippen LogP contribution < -0.4 is 15.8 Å². The fourth-order valence-electron chi connectivity index (χ4n) is 2.84. The minimum absolute atomic E-state index is 0.258. The summed E-state index contributed by atoms with van der Waals surface area (Å²) >= 11 is 0. The van der Waals surface area contributed by atoms with Crippen LogP contribution >= 0.6 is 0 Å². The van der Waals surface area contributed by atoms with Crippen molar-refractivity contribution in [3.8, 4) is 17.1 Å². The van der Waals surface area contributed by atoms with Gasteiger partial charge in [-0.3, -0.25) is 9.78 Å². The van der Waals surface area contributed by atoms with Gasteiger partial charge in [0.15, 0.2) is 0 Å². The molecule has 0 aliphatic heterocycles. The third kappa shape index (κ3) is 4.61. The molecule has 2 aromatic carbocycles. The molecule has 4 aromatic rings. The third-order valence-electron chi connectivity index (χ3n) is 4.31. The fourth-order valence-corrected chi connectivity index (χ4v) is 2.84. The Bertz CT molecular complexity index is 1140. The van der Waals surface area contributed by atoms with E-state index in [9.17, 15) is 4.79 Å². The number of amides is 1. The van der Waals surface area contributed by atoms with Gasteiger partial charge in [0.05, 0.1) is 12.1 Å². The molecule has 1 amide bonds. The lowest BCUT2D eigenvalue weighted by Crippen LogP contribution is -2.14. The number of rotatable bonds is 8. The van der Waals surface area contributed by atoms with Crippen LogP contribution in [0.3, 0.4) is 0 Å². The number of anilines is 1. The molecule has 8 heteroatoms. The van der Waals surface area contributed by atoms with E-state index in [2.05, 4.69) is 20.4 Å². The van der Waals surface area contributed by atoms with E-state index >= 15 is 0 Å². The highest BCUT2D eigenvalue weighted by atomic mass is 16.5. The maximum Gasteiger partial charge on any atom is 0.250 e. The Hall–Kier alpha value is -4.20. The number of nitrogens with two attached hydrogens (primary N) is 1. The molecule has 150 valence electrons. The molecule has 0 bridgehead atoms. The predicted octanol–water partition coefficient (Wildman–Crippen LogP) is 3.42. The van der Waals surface area contributed by atoms with E-state index in [1.165, 1.54) is 0 Å². The first kappa shape index (κ1) is 19.1. The zero-order chi connectivity index (χ0) is 20.8. The summed E-state index contributed by atoms with van der Waals surface area (Å²) in [7, 11) is 0. The van der Waals surface area contributed by atoms with Crippen molar-refractivity contribution < 1.29 is 14.1 Å². The SMILES string of the molecule is NC(=O)c1ccccc1NCc1nc(-c2cccc(OCc3cccnc3)c2)no1. The summed E-state index contributed by atoms with van der Waals surface area (Å²) in [5, 5.41) is 7.13. The zero-order valence-electron chi connectivity index (χ0n) is 16.0. The molecule has 30 heavy (non-hydrogen) atoms. The molecule has 0 saturated heterocycles. The Morgan fingerprint density at radius 1 is 1.10 bits per heavy atom. The van der Waals surface area contributed by atoms with E-state index in [4.69, 9.17) is 15.0 Å². The van der Waals surface area contributed by atoms with Gasteiger partial charge in [0.2, 0.25) is 11.7 Å². The Morgan fingerprint density at radius 3 is 2.83 bits per heavy atom. The maximum absolute atomic E-state index is 11.5. The summed E-state index contributed by atoms with van der Waals surface area (Å²) in [6, 6.07) is 18.3. The molecule has 0 radical (unpaired) electrons. The molecule has 0 fully saturated rings. The van der Waals surface area contributed by atoms with Crippen molar-refractivity contribution in [1.82, 2.24) is 15.1 Å². The van der Waals surface area contributed by atoms with E-state index in [-0.39, 0.29) is 6.54 Å². The minimum atomic E-state index is -0.507. The highest BCUT2D eigenvalue weighted by molar-refractivity contribution is 5.98. The van der Waals surface area contributed by atoms with Crippen LogP contribution in [0.15, 0.2) is 77.6 Å². The van der Waals surface area contributed by atoms with Crippen LogP contribution in [0.2, 0.25) is 0 Å². The number of pyridine rings is 1. The molecule has 4 rings (SSSR count). The van der Waals surface area contributed by atoms with Crippen LogP contribution in [0.25, 0.3) is 11.4 Å². The van der Waals surface area contributed by atoms with E-state index in [0.717, 1.165) is 11.1 Å². The number of hydrogen-bond donors (Lipinski definition) is 2. The summed E-state index contributed by atoms with van der Waals surface area (Å²) < 4.78 is 11.1. The quantitative estimate of drug-likeness (QED) is 0.465. The van der Waals surface area contributed by atoms with Gasteiger partial charge in [0.25, 0.3) is 5.91 Å². The number of nitrogens with one attached hydrogen (secondary N) is 1. The normalized spacial score (nSPS) is 10.5. The Morgan fingerprint density at radius 2 is 2.00 bits per heavy atom. The number of aromatic nitrogens is 3. The standard InChI is InChI=1S/C22H19N5O3/c23-21(28)18-8-1-2-9-19(18)25-13-20-26-22(27-30-20)16-6-3-7-17(11-16)29-14-15-5-4-10-24-12-15/h1-12,25H,13-14H2,(H2,23,28). The summed E-state index contributed by atoms with van der Waals surface area (Å²) in [5.74, 6) is 1.01. The number of nitrogens with zero attached hydrogens (tertiary/aromatic N) is 3. The van der Waals surface area contributed by atoms with E-state index < -0.39 is 5.91 Å². The van der Waals surface area contributed by atoms with Gasteiger partial charge in [-0.15, -0.1) is 0 Å². The Labute approximate surface area is 172 Å². The van der Waals surface area contributed by atoms with E-state index in [1.54, 1.807) is 30.6 Å². The lowest BCUT2D eigenvalue weighted by atomic mass is 10.1. The van der Waals surface area contributed by atoms with Gasteiger partial charge in [-0.1, -0.05) is 35.5 Å². The maximum atomic E-state index is 11.5. The number of benzene rings is 2. The van der Waals surface area contributed by atoms with Crippen molar-refractivity contribution in [1.29, 1.82) is 0 Å². The molecular formula is C22H19N5O3. The van der Waals surface area contributed by atoms with Gasteiger partial charge in [0, 0.05) is 29.2 Å². The first-order valence-corrected chi connectivity index (χ1v) is 9.26. The van der Waals surface area contributed by atoms with Crippen LogP contribution in [0.5, 0.6) is 5.75 Å². The second-order valence-corrected chi connectivity index (χ2v) is 6.45. The van der Waals surface area contributed by atoms with Crippen molar-refractivity contribution in [2.45, 2.75) is 13.2 Å². The monoisotopic (exact) mass is 401 g/mol. The van der Waals surface area contributed by atoms with E-state index in [1.807, 2.05) is 42.5 Å². The molecule has 8 nitrogen and oxygen atoms in total. The lowest BCUT2D eigenvalue weighted by molar-refractivity contribution is 0.100. The first-order valence-electron chi connectivity index (χ1n) is 9.26. The molecule has 2 heterocycles. The highest BCUT2D eigenvalue weighted by Crippen LogP contribution is 2.23. The van der Waals surface area contributed by atoms with Gasteiger partial charge in [-0.2, -0.15) is 4.98 Å². The van der Waals surface area contributed by atoms with Crippen molar-refractivity contribution in [2.24, 2.45) is 5.73 Å². The average molecular weight is 401 g/mol. The van der Waals surface area contributed by atoms with Crippen LogP contribution in [-0.4, -0.2) is 21.0 Å². The van der Waals surface area contributed by atoms with Crippen LogP contribution in [-0.2, 0) is 13.2 Å². The van der Waals surface area contributed by atoms with Crippen molar-refractivity contribution in [3.63, 3.8) is 0 Å². The number of para-hydroxylation sites is 1. The molecule has 0 spiro atoms. The Balaban J connectivity index is 1.42. The molecule has 0 saturated carbocycles. The Kier molecular flexibility index (Phi) is 5.66. The van der Waals surface area contributed by atoms with Gasteiger partial charge in [-0.25, -0.2) is 0 Å². The van der Waals surface area contributed by atoms with Gasteiger partial charge >= 0.3 is 0 Å². The van der Waals surface area contributed by atoms with Crippen LogP contribution in [0.1, 0.15) is 21.8 Å². The van der Waals surface area contributed by atoms with Crippen molar-refractivity contribution >= 4 is 11.6 Å². The van der Waals surface area contributed by atoms with E-state index in [0.29, 0.717) is 35.3 Å². The number of hydrogen-bond acceptors (Lipinski definition) is 7. The van der Waals surface area contributed by atoms with Crippen LogP contribution in [0.4, 0.5) is 5.69 Å². The van der Waals surface area contributed by atoms with Crippen LogP contribution in [0, 0.1) is 0 Å². The summed E-state index contributed by atoms with van der Waals surface area (Å²) in [5.41, 5.74) is 8.15. The molecule has 0 unspecified atom stereocenters. The highest BCUT2D eigenvalue weighted by Gasteiger charge is 2.12. The number of ether oxygens (including phenoxy) is 1. The number of carbonyl (C=O) groups is 1. The largest absolute Gasteiger partial charge is 0.489 e. The van der Waals surface area contributed by atoms with Crippen molar-refractivity contribution in [2.75, 3.05) is 5.32 Å². The molecule has 0 aliphatic carbocycles. The summed E-state index contributed by atoms with van der Waals surface area (Å²) in [6.07, 6.45) is 3.48. The average Bonchev–Trinajstić information content (AvgIpc) is 3.26. The predicted molar refractivity (Wildman–Crippen MR) is 111 cm³/mol. The zero-order valence-corrected chi connectivity index (χ0v) is 16.0. The molecule has 0 atom stereocenters. The smallest absolute Gasteiger partial charge is 0.250 e. The first-order chi connectivity index (χ1) is 14.7. The summed E-state index contributed by atoms with van der Waals surface area (Å²) in [4.78, 5) is 20.0. The molecule has 2 aromatic heterocycles. The van der Waals surface area contributed by atoms with Gasteiger partial charge < -0.3 is 20.3 Å². The molecule has 0 aliphatic rings. The fraction of sp³-hybridized carbons (Fsp3) is 0.0909. The lowest BCUT2D eigenvalue weighted by Gasteiger charge is -2.07. The van der Waals surface area contributed by atoms with Crippen molar-refractivity contribution in [3.05, 3.63) is 90.1 Å². The summed E-state index contributed by atoms with van der Waals surface area (Å²) in [6.45, 7) is 0.673. The molecule has 3 N–H and O–H groups in total. The van der Waals surface area contributed by atoms with Gasteiger partial charge in [0.1, 0.15) is 12.4 Å². The third-order valence-corrected chi connectivity index (χ3v) is 4.31. The molecular weight excluding hydrogens is 382 g/mol. The second-order valence-electron chi connectivity index (χ2n) is 6.45. The topological polar surface area (TPSA) is 116 Å². The number of carbonyl (C=O) groups excluding carboxylic acids is 1. The van der Waals surface area contributed by atoms with Gasteiger partial charge in [-0.05, 0) is 30.3 Å². The minimum Gasteiger partial charge on any atom is -0.489 e.